The summed E-state index contributed by atoms with van der Waals surface area (Å²) in [5, 5.41) is 9.14. The van der Waals surface area contributed by atoms with Crippen molar-refractivity contribution in [2.75, 3.05) is 5.73 Å². The highest BCUT2D eigenvalue weighted by Gasteiger charge is 2.18. The minimum atomic E-state index is 0.0199. The van der Waals surface area contributed by atoms with E-state index in [4.69, 9.17) is 22.6 Å². The molecule has 0 fully saturated rings. The number of aromatic nitrogens is 2. The van der Waals surface area contributed by atoms with Crippen LogP contribution < -0.4 is 5.73 Å². The molecule has 1 unspecified atom stereocenters. The number of imidazole rings is 1. The lowest BCUT2D eigenvalue weighted by molar-refractivity contribution is 0.680. The van der Waals surface area contributed by atoms with Gasteiger partial charge in [-0.05, 0) is 31.2 Å². The van der Waals surface area contributed by atoms with Crippen LogP contribution in [0, 0.1) is 11.3 Å². The van der Waals surface area contributed by atoms with Crippen molar-refractivity contribution in [1.82, 2.24) is 9.55 Å². The monoisotopic (exact) mass is 302 g/mol. The SMILES string of the molecule is CC(c1ccc(Cl)s1)n1c(N)nc2c(C#N)cccc21. The van der Waals surface area contributed by atoms with Crippen LogP contribution in [-0.2, 0) is 0 Å². The molecule has 0 radical (unpaired) electrons. The van der Waals surface area contributed by atoms with Gasteiger partial charge >= 0.3 is 0 Å². The van der Waals surface area contributed by atoms with Crippen molar-refractivity contribution in [3.8, 4) is 6.07 Å². The number of nitrogens with zero attached hydrogens (tertiary/aromatic N) is 3. The van der Waals surface area contributed by atoms with Crippen LogP contribution in [0.4, 0.5) is 5.95 Å². The number of anilines is 1. The molecule has 0 amide bonds. The highest BCUT2D eigenvalue weighted by Crippen LogP contribution is 2.33. The van der Waals surface area contributed by atoms with Gasteiger partial charge in [-0.3, -0.25) is 0 Å². The van der Waals surface area contributed by atoms with Gasteiger partial charge in [0.15, 0.2) is 0 Å². The molecule has 0 aliphatic heterocycles. The molecule has 0 saturated heterocycles. The Kier molecular flexibility index (Phi) is 3.13. The molecule has 3 aromatic rings. The molecule has 0 aliphatic rings. The first-order valence-electron chi connectivity index (χ1n) is 6.03. The predicted octanol–water partition coefficient (Wildman–Crippen LogP) is 3.81. The Morgan fingerprint density at radius 1 is 1.40 bits per heavy atom. The summed E-state index contributed by atoms with van der Waals surface area (Å²) in [6, 6.07) is 11.5. The minimum absolute atomic E-state index is 0.0199. The number of nitrogens with two attached hydrogens (primary N) is 1. The Morgan fingerprint density at radius 2 is 2.20 bits per heavy atom. The van der Waals surface area contributed by atoms with E-state index in [1.54, 1.807) is 6.07 Å². The third-order valence-corrected chi connectivity index (χ3v) is 4.66. The Labute approximate surface area is 125 Å². The Balaban J connectivity index is 2.21. The molecule has 0 aliphatic carbocycles. The molecule has 0 spiro atoms. The minimum Gasteiger partial charge on any atom is -0.369 e. The molecule has 100 valence electrons. The normalized spacial score (nSPS) is 12.4. The number of fused-ring (bicyclic) bond motifs is 1. The topological polar surface area (TPSA) is 67.6 Å². The molecule has 2 heterocycles. The average molecular weight is 303 g/mol. The second-order valence-electron chi connectivity index (χ2n) is 4.44. The van der Waals surface area contributed by atoms with E-state index in [1.165, 1.54) is 11.3 Å². The molecule has 1 atom stereocenters. The first kappa shape index (κ1) is 13.0. The number of benzene rings is 1. The van der Waals surface area contributed by atoms with Gasteiger partial charge in [0.1, 0.15) is 11.6 Å². The van der Waals surface area contributed by atoms with Crippen LogP contribution in [0.15, 0.2) is 30.3 Å². The molecular formula is C14H11ClN4S. The maximum Gasteiger partial charge on any atom is 0.201 e. The van der Waals surface area contributed by atoms with E-state index in [2.05, 4.69) is 11.1 Å². The van der Waals surface area contributed by atoms with E-state index in [0.29, 0.717) is 17.0 Å². The van der Waals surface area contributed by atoms with Crippen LogP contribution in [0.2, 0.25) is 4.34 Å². The fourth-order valence-corrected chi connectivity index (χ4v) is 3.42. The van der Waals surface area contributed by atoms with E-state index < -0.39 is 0 Å². The van der Waals surface area contributed by atoms with E-state index in [1.807, 2.05) is 35.8 Å². The Hall–Kier alpha value is -2.03. The molecule has 0 bridgehead atoms. The molecule has 6 heteroatoms. The number of rotatable bonds is 2. The number of para-hydroxylation sites is 1. The van der Waals surface area contributed by atoms with Crippen LogP contribution in [0.3, 0.4) is 0 Å². The number of thiophene rings is 1. The van der Waals surface area contributed by atoms with Gasteiger partial charge in [-0.2, -0.15) is 5.26 Å². The highest BCUT2D eigenvalue weighted by molar-refractivity contribution is 7.16. The summed E-state index contributed by atoms with van der Waals surface area (Å²) in [6.07, 6.45) is 0. The smallest absolute Gasteiger partial charge is 0.201 e. The van der Waals surface area contributed by atoms with Gasteiger partial charge in [0.25, 0.3) is 0 Å². The van der Waals surface area contributed by atoms with Crippen LogP contribution in [0.1, 0.15) is 23.4 Å². The van der Waals surface area contributed by atoms with Crippen molar-refractivity contribution in [2.45, 2.75) is 13.0 Å². The first-order chi connectivity index (χ1) is 9.61. The molecule has 1 aromatic carbocycles. The summed E-state index contributed by atoms with van der Waals surface area (Å²) in [4.78, 5) is 5.43. The van der Waals surface area contributed by atoms with Gasteiger partial charge in [-0.25, -0.2) is 4.98 Å². The summed E-state index contributed by atoms with van der Waals surface area (Å²) >= 11 is 7.51. The first-order valence-corrected chi connectivity index (χ1v) is 7.23. The predicted molar refractivity (Wildman–Crippen MR) is 82.0 cm³/mol. The quantitative estimate of drug-likeness (QED) is 0.782. The van der Waals surface area contributed by atoms with Crippen LogP contribution >= 0.6 is 22.9 Å². The van der Waals surface area contributed by atoms with Crippen LogP contribution in [-0.4, -0.2) is 9.55 Å². The maximum absolute atomic E-state index is 9.14. The lowest BCUT2D eigenvalue weighted by Gasteiger charge is -2.14. The zero-order valence-electron chi connectivity index (χ0n) is 10.7. The summed E-state index contributed by atoms with van der Waals surface area (Å²) in [6.45, 7) is 2.04. The summed E-state index contributed by atoms with van der Waals surface area (Å²) in [5.41, 5.74) is 8.07. The highest BCUT2D eigenvalue weighted by atomic mass is 35.5. The second-order valence-corrected chi connectivity index (χ2v) is 6.19. The van der Waals surface area contributed by atoms with Gasteiger partial charge in [0, 0.05) is 4.88 Å². The number of halogens is 1. The van der Waals surface area contributed by atoms with Crippen molar-refractivity contribution in [3.05, 3.63) is 45.1 Å². The fourth-order valence-electron chi connectivity index (χ4n) is 2.31. The summed E-state index contributed by atoms with van der Waals surface area (Å²) in [7, 11) is 0. The van der Waals surface area contributed by atoms with Crippen molar-refractivity contribution < 1.29 is 0 Å². The van der Waals surface area contributed by atoms with Gasteiger partial charge in [-0.1, -0.05) is 17.7 Å². The van der Waals surface area contributed by atoms with Gasteiger partial charge < -0.3 is 10.3 Å². The number of nitriles is 1. The third kappa shape index (κ3) is 1.94. The fraction of sp³-hybridized carbons (Fsp3) is 0.143. The van der Waals surface area contributed by atoms with E-state index >= 15 is 0 Å². The zero-order chi connectivity index (χ0) is 14.3. The van der Waals surface area contributed by atoms with Crippen molar-refractivity contribution in [1.29, 1.82) is 5.26 Å². The Morgan fingerprint density at radius 3 is 2.85 bits per heavy atom. The Bertz CT molecular complexity index is 827. The summed E-state index contributed by atoms with van der Waals surface area (Å²) in [5.74, 6) is 0.403. The van der Waals surface area contributed by atoms with E-state index in [9.17, 15) is 0 Å². The zero-order valence-corrected chi connectivity index (χ0v) is 12.2. The molecular weight excluding hydrogens is 292 g/mol. The van der Waals surface area contributed by atoms with Crippen molar-refractivity contribution >= 4 is 39.9 Å². The molecule has 2 N–H and O–H groups in total. The lowest BCUT2D eigenvalue weighted by Crippen LogP contribution is -2.08. The van der Waals surface area contributed by atoms with E-state index in [-0.39, 0.29) is 6.04 Å². The van der Waals surface area contributed by atoms with Gasteiger partial charge in [-0.15, -0.1) is 11.3 Å². The van der Waals surface area contributed by atoms with Gasteiger partial charge in [0.05, 0.1) is 21.5 Å². The van der Waals surface area contributed by atoms with E-state index in [0.717, 1.165) is 14.7 Å². The number of nitrogen functional groups attached to an aromatic ring is 1. The van der Waals surface area contributed by atoms with Crippen molar-refractivity contribution in [3.63, 3.8) is 0 Å². The third-order valence-electron chi connectivity index (χ3n) is 3.26. The second kappa shape index (κ2) is 4.82. The van der Waals surface area contributed by atoms with Gasteiger partial charge in [0.2, 0.25) is 5.95 Å². The molecule has 2 aromatic heterocycles. The standard InChI is InChI=1S/C14H11ClN4S/c1-8(11-5-6-12(15)20-11)19-10-4-2-3-9(7-16)13(10)18-14(19)17/h2-6,8H,1H3,(H2,17,18). The summed E-state index contributed by atoms with van der Waals surface area (Å²) < 4.78 is 2.67. The molecule has 0 saturated carbocycles. The maximum atomic E-state index is 9.14. The number of hydrogen-bond donors (Lipinski definition) is 1. The molecule has 4 nitrogen and oxygen atoms in total. The largest absolute Gasteiger partial charge is 0.369 e. The molecule has 3 rings (SSSR count). The molecule has 20 heavy (non-hydrogen) atoms. The van der Waals surface area contributed by atoms with Crippen LogP contribution in [0.5, 0.6) is 0 Å². The van der Waals surface area contributed by atoms with Crippen molar-refractivity contribution in [2.24, 2.45) is 0 Å². The van der Waals surface area contributed by atoms with Crippen LogP contribution in [0.25, 0.3) is 11.0 Å². The average Bonchev–Trinajstić information content (AvgIpc) is 3.00. The lowest BCUT2D eigenvalue weighted by atomic mass is 10.2. The number of hydrogen-bond acceptors (Lipinski definition) is 4.